The van der Waals surface area contributed by atoms with Gasteiger partial charge in [0.05, 0.1) is 0 Å². The van der Waals surface area contributed by atoms with Crippen LogP contribution < -0.4 is 0 Å². The van der Waals surface area contributed by atoms with Crippen LogP contribution in [0.2, 0.25) is 0 Å². The van der Waals surface area contributed by atoms with E-state index in [2.05, 4.69) is 35.5 Å². The van der Waals surface area contributed by atoms with Crippen LogP contribution in [0.3, 0.4) is 0 Å². The zero-order chi connectivity index (χ0) is 35.0. The fourth-order valence-corrected chi connectivity index (χ4v) is 7.61. The maximum atomic E-state index is 6.32. The van der Waals surface area contributed by atoms with Crippen molar-refractivity contribution in [3.8, 4) is 48.4 Å². The Bertz CT molecular complexity index is 2070. The lowest BCUT2D eigenvalue weighted by molar-refractivity contribution is 0.0330. The number of benzene rings is 5. The predicted octanol–water partition coefficient (Wildman–Crippen LogP) is 7.24. The van der Waals surface area contributed by atoms with E-state index in [9.17, 15) is 0 Å². The molecule has 0 radical (unpaired) electrons. The van der Waals surface area contributed by atoms with Crippen LogP contribution in [0.1, 0.15) is 55.6 Å². The molecule has 0 N–H and O–H groups in total. The van der Waals surface area contributed by atoms with Gasteiger partial charge in [-0.3, -0.25) is 0 Å². The lowest BCUT2D eigenvalue weighted by atomic mass is 9.67. The number of fused-ring (bicyclic) bond motifs is 4. The van der Waals surface area contributed by atoms with Crippen molar-refractivity contribution < 1.29 is 18.9 Å². The van der Waals surface area contributed by atoms with Gasteiger partial charge in [-0.15, -0.1) is 12.8 Å². The molecular formula is C46H34O4. The van der Waals surface area contributed by atoms with Gasteiger partial charge in [-0.1, -0.05) is 133 Å². The summed E-state index contributed by atoms with van der Waals surface area (Å²) >= 11 is 0. The van der Waals surface area contributed by atoms with Gasteiger partial charge in [-0.2, -0.15) is 0 Å². The molecule has 242 valence electrons. The zero-order valence-corrected chi connectivity index (χ0v) is 28.3. The largest absolute Gasteiger partial charge is 0.357 e. The van der Waals surface area contributed by atoms with E-state index in [0.29, 0.717) is 0 Å². The van der Waals surface area contributed by atoms with Crippen molar-refractivity contribution in [1.82, 2.24) is 0 Å². The molecule has 0 aliphatic heterocycles. The van der Waals surface area contributed by atoms with Gasteiger partial charge >= 0.3 is 0 Å². The molecule has 4 nitrogen and oxygen atoms in total. The molecule has 50 heavy (non-hydrogen) atoms. The number of rotatable bonds is 4. The molecule has 7 rings (SSSR count). The van der Waals surface area contributed by atoms with Gasteiger partial charge in [-0.05, 0) is 24.3 Å². The van der Waals surface area contributed by atoms with E-state index in [1.54, 1.807) is 28.4 Å². The average molecular weight is 651 g/mol. The zero-order valence-electron chi connectivity index (χ0n) is 28.3. The van der Waals surface area contributed by atoms with Gasteiger partial charge in [0.25, 0.3) is 0 Å². The van der Waals surface area contributed by atoms with E-state index in [4.69, 9.17) is 31.8 Å². The minimum atomic E-state index is -1.08. The van der Waals surface area contributed by atoms with E-state index >= 15 is 0 Å². The lowest BCUT2D eigenvalue weighted by Crippen LogP contribution is -2.43. The van der Waals surface area contributed by atoms with Crippen LogP contribution in [-0.2, 0) is 41.4 Å². The van der Waals surface area contributed by atoms with Crippen molar-refractivity contribution in [3.63, 3.8) is 0 Å². The van der Waals surface area contributed by atoms with E-state index in [1.807, 2.05) is 121 Å². The highest BCUT2D eigenvalue weighted by atomic mass is 16.5. The summed E-state index contributed by atoms with van der Waals surface area (Å²) in [5.74, 6) is 19.6. The highest BCUT2D eigenvalue weighted by Gasteiger charge is 2.51. The second kappa shape index (κ2) is 12.6. The minimum Gasteiger partial charge on any atom is -0.357 e. The summed E-state index contributed by atoms with van der Waals surface area (Å²) in [6.07, 6.45) is 12.3. The molecular weight excluding hydrogens is 617 g/mol. The Balaban J connectivity index is 1.30. The monoisotopic (exact) mass is 650 g/mol. The van der Waals surface area contributed by atoms with E-state index < -0.39 is 22.4 Å². The van der Waals surface area contributed by atoms with Crippen molar-refractivity contribution in [1.29, 1.82) is 0 Å². The molecule has 4 heteroatoms. The smallest absolute Gasteiger partial charge is 0.180 e. The van der Waals surface area contributed by atoms with Gasteiger partial charge in [0, 0.05) is 84.1 Å². The SMILES string of the molecule is C#CC1(OC)c2ccccc2C(C#Cc2ccc(C#CC3(OC)c4ccccc4C(C#C)(OC)c4ccccc43)cc2)(OC)c2ccccc21. The van der Waals surface area contributed by atoms with Crippen LogP contribution in [0.25, 0.3) is 0 Å². The highest BCUT2D eigenvalue weighted by molar-refractivity contribution is 5.66. The predicted molar refractivity (Wildman–Crippen MR) is 195 cm³/mol. The van der Waals surface area contributed by atoms with Crippen LogP contribution in [0, 0.1) is 48.4 Å². The normalized spacial score (nSPS) is 23.9. The molecule has 0 aromatic heterocycles. The minimum absolute atomic E-state index is 0.802. The number of terminal acetylenes is 2. The Hall–Kier alpha value is -5.82. The van der Waals surface area contributed by atoms with Crippen molar-refractivity contribution in [2.75, 3.05) is 28.4 Å². The summed E-state index contributed by atoms with van der Waals surface area (Å²) in [5, 5.41) is 0. The molecule has 0 fully saturated rings. The molecule has 2 aliphatic rings. The van der Waals surface area contributed by atoms with Gasteiger partial charge in [0.2, 0.25) is 0 Å². The number of ether oxygens (including phenoxy) is 4. The Labute approximate surface area is 294 Å². The molecule has 0 heterocycles. The third kappa shape index (κ3) is 4.49. The Morgan fingerprint density at radius 3 is 0.780 bits per heavy atom. The lowest BCUT2D eigenvalue weighted by Gasteiger charge is -2.43. The number of methoxy groups -OCH3 is 4. The van der Waals surface area contributed by atoms with Crippen LogP contribution >= 0.6 is 0 Å². The van der Waals surface area contributed by atoms with Gasteiger partial charge in [0.1, 0.15) is 0 Å². The first kappa shape index (κ1) is 32.7. The number of hydrogen-bond acceptors (Lipinski definition) is 4. The third-order valence-electron chi connectivity index (χ3n) is 10.0. The fourth-order valence-electron chi connectivity index (χ4n) is 7.61. The van der Waals surface area contributed by atoms with Crippen molar-refractivity contribution >= 4 is 0 Å². The van der Waals surface area contributed by atoms with Gasteiger partial charge in [-0.25, -0.2) is 0 Å². The average Bonchev–Trinajstić information content (AvgIpc) is 3.19. The summed E-state index contributed by atoms with van der Waals surface area (Å²) in [4.78, 5) is 0. The van der Waals surface area contributed by atoms with Crippen molar-refractivity contribution in [2.45, 2.75) is 22.4 Å². The van der Waals surface area contributed by atoms with Crippen LogP contribution in [0.5, 0.6) is 0 Å². The summed E-state index contributed by atoms with van der Waals surface area (Å²) in [7, 11) is 6.61. The van der Waals surface area contributed by atoms with Gasteiger partial charge < -0.3 is 18.9 Å². The Morgan fingerprint density at radius 2 is 0.580 bits per heavy atom. The molecule has 0 spiro atoms. The summed E-state index contributed by atoms with van der Waals surface area (Å²) in [6.45, 7) is 0. The standard InChI is InChI=1S/C46H34O4/c1-7-43(47-3)35-17-9-13-21-39(35)45(49-5,40-22-14-10-18-36(40)43)31-29-33-25-27-34(28-26-33)30-32-46(50-6)41-23-15-11-19-37(41)44(8-2,48-4)38-20-12-16-24-42(38)46/h1-2,9-28H,3-6H3. The fraction of sp³-hybridized carbons (Fsp3) is 0.174. The molecule has 5 aromatic carbocycles. The van der Waals surface area contributed by atoms with E-state index in [0.717, 1.165) is 55.6 Å². The van der Waals surface area contributed by atoms with Crippen LogP contribution in [0.4, 0.5) is 0 Å². The summed E-state index contributed by atoms with van der Waals surface area (Å²) in [6, 6.07) is 39.4. The number of hydrogen-bond donors (Lipinski definition) is 0. The molecule has 0 unspecified atom stereocenters. The first-order chi connectivity index (χ1) is 24.4. The van der Waals surface area contributed by atoms with Crippen LogP contribution in [0.15, 0.2) is 121 Å². The Morgan fingerprint density at radius 1 is 0.360 bits per heavy atom. The highest BCUT2D eigenvalue weighted by Crippen LogP contribution is 2.52. The summed E-state index contributed by atoms with van der Waals surface area (Å²) < 4.78 is 24.8. The van der Waals surface area contributed by atoms with Crippen LogP contribution in [-0.4, -0.2) is 28.4 Å². The quantitative estimate of drug-likeness (QED) is 0.192. The molecule has 0 saturated heterocycles. The van der Waals surface area contributed by atoms with E-state index in [1.165, 1.54) is 0 Å². The Kier molecular flexibility index (Phi) is 8.22. The first-order valence-electron chi connectivity index (χ1n) is 16.2. The maximum Gasteiger partial charge on any atom is 0.180 e. The molecule has 0 bridgehead atoms. The van der Waals surface area contributed by atoms with E-state index in [-0.39, 0.29) is 0 Å². The van der Waals surface area contributed by atoms with Gasteiger partial charge in [0.15, 0.2) is 22.4 Å². The molecule has 0 atom stereocenters. The molecule has 5 aromatic rings. The second-order valence-electron chi connectivity index (χ2n) is 12.1. The molecule has 0 amide bonds. The topological polar surface area (TPSA) is 36.9 Å². The van der Waals surface area contributed by atoms with Crippen molar-refractivity contribution in [2.24, 2.45) is 0 Å². The molecule has 0 saturated carbocycles. The van der Waals surface area contributed by atoms with Crippen molar-refractivity contribution in [3.05, 3.63) is 177 Å². The molecule has 2 aliphatic carbocycles. The second-order valence-corrected chi connectivity index (χ2v) is 12.1. The summed E-state index contributed by atoms with van der Waals surface area (Å²) in [5.41, 5.74) is 4.00. The first-order valence-corrected chi connectivity index (χ1v) is 16.2. The third-order valence-corrected chi connectivity index (χ3v) is 10.0. The maximum absolute atomic E-state index is 6.32.